The van der Waals surface area contributed by atoms with Crippen molar-refractivity contribution in [3.63, 3.8) is 0 Å². The maximum Gasteiger partial charge on any atom is 0.259 e. The van der Waals surface area contributed by atoms with Crippen LogP contribution in [-0.2, 0) is 9.53 Å². The van der Waals surface area contributed by atoms with Crippen LogP contribution in [0.1, 0.15) is 0 Å². The molecule has 0 spiro atoms. The summed E-state index contributed by atoms with van der Waals surface area (Å²) in [6.07, 6.45) is 3.74. The zero-order valence-corrected chi connectivity index (χ0v) is 21.0. The van der Waals surface area contributed by atoms with Gasteiger partial charge in [-0.2, -0.15) is 0 Å². The minimum absolute atomic E-state index is 0.0723. The van der Waals surface area contributed by atoms with Crippen LogP contribution in [0.15, 0.2) is 84.2 Å². The average Bonchev–Trinajstić information content (AvgIpc) is 3.37. The normalized spacial score (nSPS) is 14.0. The van der Waals surface area contributed by atoms with E-state index in [9.17, 15) is 4.79 Å². The quantitative estimate of drug-likeness (QED) is 0.358. The standard InChI is InChI=1S/C26H25ClN6O2S/c27-20-8-6-19(7-9-20)23-18-33(22-4-2-1-3-5-22)26(36-23)31-30-25(34)17-28-21-10-11-24(29-16-21)32-12-14-35-15-13-32/h1-11,16,18,28H,12-15,17H2,(H,30,34)/b31-26-. The Hall–Kier alpha value is -3.66. The highest BCUT2D eigenvalue weighted by molar-refractivity contribution is 7.12. The van der Waals surface area contributed by atoms with Crippen molar-refractivity contribution >= 4 is 40.4 Å². The second-order valence-corrected chi connectivity index (χ2v) is 9.54. The second kappa shape index (κ2) is 11.4. The first-order valence-corrected chi connectivity index (χ1v) is 12.7. The summed E-state index contributed by atoms with van der Waals surface area (Å²) in [5.41, 5.74) is 5.41. The molecular formula is C26H25ClN6O2S. The van der Waals surface area contributed by atoms with Crippen LogP contribution in [0.4, 0.5) is 11.5 Å². The fraction of sp³-hybridized carbons (Fsp3) is 0.192. The Morgan fingerprint density at radius 1 is 1.06 bits per heavy atom. The number of anilines is 2. The van der Waals surface area contributed by atoms with Gasteiger partial charge in [-0.05, 0) is 42.0 Å². The number of thiazole rings is 1. The van der Waals surface area contributed by atoms with Crippen molar-refractivity contribution in [1.82, 2.24) is 15.0 Å². The Bertz CT molecular complexity index is 1360. The summed E-state index contributed by atoms with van der Waals surface area (Å²) in [5, 5.41) is 8.20. The van der Waals surface area contributed by atoms with Crippen LogP contribution in [0.3, 0.4) is 0 Å². The summed E-state index contributed by atoms with van der Waals surface area (Å²) in [5.74, 6) is 0.649. The molecule has 1 fully saturated rings. The number of ether oxygens (including phenoxy) is 1. The van der Waals surface area contributed by atoms with Crippen LogP contribution in [0, 0.1) is 0 Å². The number of nitrogens with one attached hydrogen (secondary N) is 2. The number of pyridine rings is 1. The number of carbonyl (C=O) groups is 1. The van der Waals surface area contributed by atoms with Crippen LogP contribution < -0.4 is 20.4 Å². The molecule has 184 valence electrons. The van der Waals surface area contributed by atoms with Crippen LogP contribution in [0.25, 0.3) is 16.1 Å². The molecule has 0 unspecified atom stereocenters. The van der Waals surface area contributed by atoms with E-state index in [2.05, 4.69) is 25.7 Å². The molecule has 1 amide bonds. The zero-order chi connectivity index (χ0) is 24.7. The van der Waals surface area contributed by atoms with Crippen LogP contribution in [-0.4, -0.2) is 48.3 Å². The number of carbonyl (C=O) groups excluding carboxylic acids is 1. The highest BCUT2D eigenvalue weighted by Gasteiger charge is 2.12. The fourth-order valence-corrected chi connectivity index (χ4v) is 4.83. The first kappa shape index (κ1) is 24.1. The van der Waals surface area contributed by atoms with E-state index in [-0.39, 0.29) is 12.5 Å². The van der Waals surface area contributed by atoms with Gasteiger partial charge >= 0.3 is 0 Å². The molecule has 8 nitrogen and oxygen atoms in total. The van der Waals surface area contributed by atoms with Gasteiger partial charge in [-0.3, -0.25) is 9.36 Å². The van der Waals surface area contributed by atoms with Crippen molar-refractivity contribution in [2.45, 2.75) is 0 Å². The van der Waals surface area contributed by atoms with E-state index in [1.165, 1.54) is 11.3 Å². The number of amides is 1. The number of aromatic nitrogens is 2. The predicted octanol–water partition coefficient (Wildman–Crippen LogP) is 4.13. The molecule has 10 heteroatoms. The van der Waals surface area contributed by atoms with Crippen molar-refractivity contribution in [2.24, 2.45) is 5.10 Å². The minimum Gasteiger partial charge on any atom is -0.378 e. The Morgan fingerprint density at radius 3 is 2.56 bits per heavy atom. The first-order chi connectivity index (χ1) is 17.7. The molecule has 2 aromatic carbocycles. The molecule has 2 aromatic heterocycles. The number of rotatable bonds is 7. The van der Waals surface area contributed by atoms with Crippen molar-refractivity contribution < 1.29 is 9.53 Å². The number of nitrogens with zero attached hydrogens (tertiary/aromatic N) is 4. The zero-order valence-electron chi connectivity index (χ0n) is 19.4. The lowest BCUT2D eigenvalue weighted by molar-refractivity contribution is -0.119. The molecule has 4 aromatic rings. The van der Waals surface area contributed by atoms with E-state index in [1.54, 1.807) is 6.20 Å². The van der Waals surface area contributed by atoms with Gasteiger partial charge in [-0.15, -0.1) is 5.10 Å². The molecule has 3 heterocycles. The minimum atomic E-state index is -0.256. The van der Waals surface area contributed by atoms with Gasteiger partial charge in [0.25, 0.3) is 5.91 Å². The predicted molar refractivity (Wildman–Crippen MR) is 144 cm³/mol. The van der Waals surface area contributed by atoms with Gasteiger partial charge < -0.3 is 15.0 Å². The molecule has 0 aliphatic carbocycles. The monoisotopic (exact) mass is 520 g/mol. The molecule has 0 radical (unpaired) electrons. The van der Waals surface area contributed by atoms with E-state index < -0.39 is 0 Å². The third kappa shape index (κ3) is 5.93. The number of morpholine rings is 1. The lowest BCUT2D eigenvalue weighted by Crippen LogP contribution is -2.36. The van der Waals surface area contributed by atoms with Crippen LogP contribution >= 0.6 is 22.9 Å². The number of halogens is 1. The van der Waals surface area contributed by atoms with E-state index in [1.807, 2.05) is 77.5 Å². The number of hydrogen-bond acceptors (Lipinski definition) is 7. The van der Waals surface area contributed by atoms with Gasteiger partial charge in [0.05, 0.1) is 36.5 Å². The Balaban J connectivity index is 1.27. The molecule has 0 saturated carbocycles. The smallest absolute Gasteiger partial charge is 0.259 e. The molecule has 5 rings (SSSR count). The average molecular weight is 521 g/mol. The molecule has 36 heavy (non-hydrogen) atoms. The third-order valence-corrected chi connectivity index (χ3v) is 6.91. The maximum absolute atomic E-state index is 12.5. The first-order valence-electron chi connectivity index (χ1n) is 11.5. The van der Waals surface area contributed by atoms with Gasteiger partial charge in [0.2, 0.25) is 4.80 Å². The van der Waals surface area contributed by atoms with Crippen molar-refractivity contribution in [1.29, 1.82) is 0 Å². The lowest BCUT2D eigenvalue weighted by Gasteiger charge is -2.27. The van der Waals surface area contributed by atoms with Gasteiger partial charge in [0.1, 0.15) is 5.82 Å². The molecule has 2 N–H and O–H groups in total. The Kier molecular flexibility index (Phi) is 7.61. The van der Waals surface area contributed by atoms with Crippen LogP contribution in [0.2, 0.25) is 5.02 Å². The van der Waals surface area contributed by atoms with E-state index in [4.69, 9.17) is 16.3 Å². The topological polar surface area (TPSA) is 83.8 Å². The molecular weight excluding hydrogens is 496 g/mol. The fourth-order valence-electron chi connectivity index (χ4n) is 3.75. The lowest BCUT2D eigenvalue weighted by atomic mass is 10.2. The highest BCUT2D eigenvalue weighted by atomic mass is 35.5. The van der Waals surface area contributed by atoms with Gasteiger partial charge in [-0.25, -0.2) is 10.4 Å². The maximum atomic E-state index is 12.5. The van der Waals surface area contributed by atoms with Gasteiger partial charge in [-0.1, -0.05) is 53.3 Å². The summed E-state index contributed by atoms with van der Waals surface area (Å²) >= 11 is 7.53. The van der Waals surface area contributed by atoms with Crippen molar-refractivity contribution in [3.05, 3.63) is 88.9 Å². The Labute approximate surface area is 217 Å². The summed E-state index contributed by atoms with van der Waals surface area (Å²) < 4.78 is 7.34. The van der Waals surface area contributed by atoms with E-state index in [0.29, 0.717) is 23.0 Å². The molecule has 0 atom stereocenters. The number of benzene rings is 2. The SMILES string of the molecule is O=C(CNc1ccc(N2CCOCC2)nc1)N/N=c1\sc(-c2ccc(Cl)cc2)cn1-c1ccccc1. The third-order valence-electron chi connectivity index (χ3n) is 5.63. The number of para-hydroxylation sites is 1. The summed E-state index contributed by atoms with van der Waals surface area (Å²) in [7, 11) is 0. The molecule has 1 saturated heterocycles. The molecule has 1 aliphatic heterocycles. The molecule has 1 aliphatic rings. The summed E-state index contributed by atoms with van der Waals surface area (Å²) in [6.45, 7) is 3.15. The van der Waals surface area contributed by atoms with E-state index >= 15 is 0 Å². The van der Waals surface area contributed by atoms with Crippen LogP contribution in [0.5, 0.6) is 0 Å². The highest BCUT2D eigenvalue weighted by Crippen LogP contribution is 2.25. The van der Waals surface area contributed by atoms with Crippen molar-refractivity contribution in [3.8, 4) is 16.1 Å². The molecule has 0 bridgehead atoms. The second-order valence-electron chi connectivity index (χ2n) is 8.10. The van der Waals surface area contributed by atoms with Gasteiger partial charge in [0.15, 0.2) is 0 Å². The Morgan fingerprint density at radius 2 is 1.83 bits per heavy atom. The summed E-state index contributed by atoms with van der Waals surface area (Å²) in [4.78, 5) is 20.9. The summed E-state index contributed by atoms with van der Waals surface area (Å²) in [6, 6.07) is 21.4. The number of hydrogen-bond donors (Lipinski definition) is 2. The van der Waals surface area contributed by atoms with E-state index in [0.717, 1.165) is 40.7 Å². The van der Waals surface area contributed by atoms with Gasteiger partial charge in [0, 0.05) is 30.0 Å². The van der Waals surface area contributed by atoms with Crippen molar-refractivity contribution in [2.75, 3.05) is 43.1 Å². The largest absolute Gasteiger partial charge is 0.378 e.